The van der Waals surface area contributed by atoms with Crippen molar-refractivity contribution in [1.82, 2.24) is 14.6 Å². The van der Waals surface area contributed by atoms with Crippen LogP contribution in [-0.4, -0.2) is 20.6 Å². The molecule has 20 heavy (non-hydrogen) atoms. The Hall–Kier alpha value is -1.63. The second kappa shape index (κ2) is 4.73. The van der Waals surface area contributed by atoms with Gasteiger partial charge in [-0.25, -0.2) is 0 Å². The minimum Gasteiger partial charge on any atom is -0.327 e. The molecule has 0 saturated heterocycles. The van der Waals surface area contributed by atoms with Crippen molar-refractivity contribution in [3.8, 4) is 0 Å². The summed E-state index contributed by atoms with van der Waals surface area (Å²) in [5.74, 6) is 0.514. The summed E-state index contributed by atoms with van der Waals surface area (Å²) in [4.78, 5) is 0. The van der Waals surface area contributed by atoms with Crippen LogP contribution < -0.4 is 5.73 Å². The molecular weight excluding hydrogens is 269 g/mol. The average molecular weight is 284 g/mol. The van der Waals surface area contributed by atoms with Gasteiger partial charge in [0.1, 0.15) is 5.82 Å². The fourth-order valence-electron chi connectivity index (χ4n) is 2.81. The Balaban J connectivity index is 2.07. The van der Waals surface area contributed by atoms with E-state index in [1.54, 1.807) is 0 Å². The summed E-state index contributed by atoms with van der Waals surface area (Å²) in [6, 6.07) is 2.30. The maximum Gasteiger partial charge on any atom is 0.417 e. The minimum absolute atomic E-state index is 0.0257. The predicted octanol–water partition coefficient (Wildman–Crippen LogP) is 2.73. The monoisotopic (exact) mass is 284 g/mol. The molecule has 4 nitrogen and oxygen atoms in total. The van der Waals surface area contributed by atoms with Gasteiger partial charge in [0.15, 0.2) is 5.65 Å². The van der Waals surface area contributed by atoms with Crippen molar-refractivity contribution in [2.24, 2.45) is 5.73 Å². The molecule has 2 heterocycles. The van der Waals surface area contributed by atoms with Gasteiger partial charge >= 0.3 is 6.18 Å². The van der Waals surface area contributed by atoms with E-state index in [2.05, 4.69) is 10.2 Å². The number of aromatic nitrogens is 3. The highest BCUT2D eigenvalue weighted by molar-refractivity contribution is 5.40. The zero-order valence-corrected chi connectivity index (χ0v) is 10.8. The van der Waals surface area contributed by atoms with Gasteiger partial charge in [0.05, 0.1) is 5.56 Å². The Morgan fingerprint density at radius 1 is 1.15 bits per heavy atom. The molecule has 2 unspecified atom stereocenters. The predicted molar refractivity (Wildman–Crippen MR) is 67.2 cm³/mol. The van der Waals surface area contributed by atoms with Crippen molar-refractivity contribution < 1.29 is 13.2 Å². The lowest BCUT2D eigenvalue weighted by atomic mass is 9.84. The van der Waals surface area contributed by atoms with E-state index >= 15 is 0 Å². The van der Waals surface area contributed by atoms with Crippen LogP contribution in [0, 0.1) is 0 Å². The molecule has 0 aromatic carbocycles. The van der Waals surface area contributed by atoms with Gasteiger partial charge in [0.2, 0.25) is 0 Å². The van der Waals surface area contributed by atoms with Crippen LogP contribution in [0.3, 0.4) is 0 Å². The molecule has 0 amide bonds. The molecule has 2 aromatic heterocycles. The van der Waals surface area contributed by atoms with Crippen LogP contribution in [0.25, 0.3) is 5.65 Å². The molecule has 1 aliphatic carbocycles. The van der Waals surface area contributed by atoms with Gasteiger partial charge in [0.25, 0.3) is 0 Å². The average Bonchev–Trinajstić information content (AvgIpc) is 2.81. The molecule has 0 radical (unpaired) electrons. The molecule has 2 atom stereocenters. The normalized spacial score (nSPS) is 24.2. The Morgan fingerprint density at radius 3 is 2.60 bits per heavy atom. The standard InChI is InChI=1S/C13H15F3N4/c14-13(15,16)8-5-6-11-18-19-12(20(11)7-8)9-3-1-2-4-10(9)17/h5-7,9-10H,1-4,17H2. The molecule has 1 saturated carbocycles. The molecule has 0 aliphatic heterocycles. The smallest absolute Gasteiger partial charge is 0.327 e. The quantitative estimate of drug-likeness (QED) is 0.876. The van der Waals surface area contributed by atoms with E-state index < -0.39 is 11.7 Å². The Morgan fingerprint density at radius 2 is 1.90 bits per heavy atom. The van der Waals surface area contributed by atoms with Crippen molar-refractivity contribution in [3.05, 3.63) is 29.7 Å². The van der Waals surface area contributed by atoms with E-state index in [1.807, 2.05) is 0 Å². The third kappa shape index (κ3) is 2.26. The third-order valence-corrected chi connectivity index (χ3v) is 3.91. The van der Waals surface area contributed by atoms with Gasteiger partial charge in [-0.1, -0.05) is 12.8 Å². The molecular formula is C13H15F3N4. The van der Waals surface area contributed by atoms with Crippen molar-refractivity contribution >= 4 is 5.65 Å². The number of hydrogen-bond acceptors (Lipinski definition) is 3. The van der Waals surface area contributed by atoms with Gasteiger partial charge in [0, 0.05) is 18.2 Å². The highest BCUT2D eigenvalue weighted by atomic mass is 19.4. The summed E-state index contributed by atoms with van der Waals surface area (Å²) in [6.45, 7) is 0. The van der Waals surface area contributed by atoms with Crippen molar-refractivity contribution in [2.45, 2.75) is 43.8 Å². The number of hydrogen-bond donors (Lipinski definition) is 1. The molecule has 0 spiro atoms. The Labute approximate surface area is 113 Å². The van der Waals surface area contributed by atoms with Crippen LogP contribution in [0.15, 0.2) is 18.3 Å². The second-order valence-corrected chi connectivity index (χ2v) is 5.26. The molecule has 1 fully saturated rings. The van der Waals surface area contributed by atoms with E-state index in [-0.39, 0.29) is 12.0 Å². The SMILES string of the molecule is NC1CCCCC1c1nnc2ccc(C(F)(F)F)cn12. The Bertz CT molecular complexity index is 620. The molecule has 2 N–H and O–H groups in total. The van der Waals surface area contributed by atoms with E-state index in [0.717, 1.165) is 37.9 Å². The second-order valence-electron chi connectivity index (χ2n) is 5.26. The molecule has 3 rings (SSSR count). The van der Waals surface area contributed by atoms with E-state index in [0.29, 0.717) is 11.5 Å². The number of rotatable bonds is 1. The highest BCUT2D eigenvalue weighted by Gasteiger charge is 2.32. The largest absolute Gasteiger partial charge is 0.417 e. The summed E-state index contributed by atoms with van der Waals surface area (Å²) in [5.41, 5.74) is 5.81. The van der Waals surface area contributed by atoms with Crippen molar-refractivity contribution in [2.75, 3.05) is 0 Å². The number of pyridine rings is 1. The van der Waals surface area contributed by atoms with Gasteiger partial charge in [-0.15, -0.1) is 10.2 Å². The fraction of sp³-hybridized carbons (Fsp3) is 0.538. The summed E-state index contributed by atoms with van der Waals surface area (Å²) in [6.07, 6.45) is 0.488. The molecule has 1 aliphatic rings. The van der Waals surface area contributed by atoms with Crippen molar-refractivity contribution in [3.63, 3.8) is 0 Å². The molecule has 0 bridgehead atoms. The third-order valence-electron chi connectivity index (χ3n) is 3.91. The van der Waals surface area contributed by atoms with Gasteiger partial charge in [-0.2, -0.15) is 13.2 Å². The zero-order valence-electron chi connectivity index (χ0n) is 10.8. The molecule has 2 aromatic rings. The first kappa shape index (κ1) is 13.4. The maximum atomic E-state index is 12.8. The van der Waals surface area contributed by atoms with Crippen LogP contribution >= 0.6 is 0 Å². The lowest BCUT2D eigenvalue weighted by molar-refractivity contribution is -0.137. The first-order chi connectivity index (χ1) is 9.47. The number of nitrogens with zero attached hydrogens (tertiary/aromatic N) is 3. The molecule has 7 heteroatoms. The first-order valence-corrected chi connectivity index (χ1v) is 6.64. The van der Waals surface area contributed by atoms with Crippen LogP contribution in [0.1, 0.15) is 43.0 Å². The first-order valence-electron chi connectivity index (χ1n) is 6.64. The fourth-order valence-corrected chi connectivity index (χ4v) is 2.81. The number of nitrogens with two attached hydrogens (primary N) is 1. The summed E-state index contributed by atoms with van der Waals surface area (Å²) >= 11 is 0. The summed E-state index contributed by atoms with van der Waals surface area (Å²) in [7, 11) is 0. The zero-order chi connectivity index (χ0) is 14.3. The minimum atomic E-state index is -4.37. The Kier molecular flexibility index (Phi) is 3.16. The van der Waals surface area contributed by atoms with Gasteiger partial charge < -0.3 is 5.73 Å². The van der Waals surface area contributed by atoms with E-state index in [4.69, 9.17) is 5.73 Å². The van der Waals surface area contributed by atoms with E-state index in [1.165, 1.54) is 10.5 Å². The van der Waals surface area contributed by atoms with Gasteiger partial charge in [-0.3, -0.25) is 4.40 Å². The highest BCUT2D eigenvalue weighted by Crippen LogP contribution is 2.33. The van der Waals surface area contributed by atoms with E-state index in [9.17, 15) is 13.2 Å². The van der Waals surface area contributed by atoms with Crippen LogP contribution in [0.2, 0.25) is 0 Å². The van der Waals surface area contributed by atoms with Crippen LogP contribution in [-0.2, 0) is 6.18 Å². The van der Waals surface area contributed by atoms with Crippen molar-refractivity contribution in [1.29, 1.82) is 0 Å². The summed E-state index contributed by atoms with van der Waals surface area (Å²) < 4.78 is 39.8. The van der Waals surface area contributed by atoms with Crippen LogP contribution in [0.4, 0.5) is 13.2 Å². The molecule has 108 valence electrons. The van der Waals surface area contributed by atoms with Crippen LogP contribution in [0.5, 0.6) is 0 Å². The maximum absolute atomic E-state index is 12.8. The lowest BCUT2D eigenvalue weighted by Crippen LogP contribution is -2.32. The number of alkyl halides is 3. The van der Waals surface area contributed by atoms with Gasteiger partial charge in [-0.05, 0) is 25.0 Å². The topological polar surface area (TPSA) is 56.2 Å². The number of halogens is 3. The lowest BCUT2D eigenvalue weighted by Gasteiger charge is -2.27. The summed E-state index contributed by atoms with van der Waals surface area (Å²) in [5, 5.41) is 8.00. The number of fused-ring (bicyclic) bond motifs is 1.